The Hall–Kier alpha value is -3.82. The third kappa shape index (κ3) is 4.35. The summed E-state index contributed by atoms with van der Waals surface area (Å²) < 4.78 is 15.0. The predicted molar refractivity (Wildman–Crippen MR) is 120 cm³/mol. The molecule has 4 rings (SSSR count). The lowest BCUT2D eigenvalue weighted by Gasteiger charge is -2.29. The molecule has 0 saturated carbocycles. The quantitative estimate of drug-likeness (QED) is 0.666. The molecule has 1 aromatic carbocycles. The van der Waals surface area contributed by atoms with Gasteiger partial charge in [-0.2, -0.15) is 0 Å². The molecule has 34 heavy (non-hydrogen) atoms. The molecule has 9 nitrogen and oxygen atoms in total. The fourth-order valence-electron chi connectivity index (χ4n) is 4.20. The van der Waals surface area contributed by atoms with Gasteiger partial charge in [-0.15, -0.1) is 0 Å². The van der Waals surface area contributed by atoms with Crippen LogP contribution >= 0.6 is 0 Å². The molecule has 2 aromatic rings. The van der Waals surface area contributed by atoms with Gasteiger partial charge in [-0.25, -0.2) is 9.18 Å². The minimum Gasteiger partial charge on any atom is -0.465 e. The van der Waals surface area contributed by atoms with E-state index in [2.05, 4.69) is 10.3 Å². The Labute approximate surface area is 195 Å². The molecule has 2 N–H and O–H groups in total. The maximum Gasteiger partial charge on any atom is 0.412 e. The molecule has 0 bridgehead atoms. The van der Waals surface area contributed by atoms with Gasteiger partial charge in [0.2, 0.25) is 11.8 Å². The van der Waals surface area contributed by atoms with Gasteiger partial charge in [0.15, 0.2) is 0 Å². The van der Waals surface area contributed by atoms with Crippen LogP contribution in [-0.2, 0) is 28.1 Å². The number of imide groups is 1. The van der Waals surface area contributed by atoms with E-state index in [0.717, 1.165) is 10.6 Å². The highest BCUT2D eigenvalue weighted by Crippen LogP contribution is 2.31. The van der Waals surface area contributed by atoms with Crippen LogP contribution in [-0.4, -0.2) is 44.8 Å². The number of amides is 4. The monoisotopic (exact) mass is 468 g/mol. The number of piperidine rings is 1. The zero-order valence-corrected chi connectivity index (χ0v) is 19.1. The number of rotatable bonds is 4. The summed E-state index contributed by atoms with van der Waals surface area (Å²) in [5.41, 5.74) is 1.44. The van der Waals surface area contributed by atoms with Crippen LogP contribution < -0.4 is 10.2 Å². The number of nitrogens with zero attached hydrogens (tertiary/aromatic N) is 3. The topological polar surface area (TPSA) is 120 Å². The second-order valence-electron chi connectivity index (χ2n) is 9.52. The third-order valence-electron chi connectivity index (χ3n) is 6.06. The Balaban J connectivity index is 1.59. The molecular weight excluding hydrogens is 443 g/mol. The molecule has 0 spiro atoms. The average Bonchev–Trinajstić information content (AvgIpc) is 3.08. The van der Waals surface area contributed by atoms with Gasteiger partial charge in [0, 0.05) is 28.7 Å². The molecule has 1 atom stereocenters. The number of halogens is 1. The lowest BCUT2D eigenvalue weighted by atomic mass is 9.92. The summed E-state index contributed by atoms with van der Waals surface area (Å²) in [4.78, 5) is 55.2. The summed E-state index contributed by atoms with van der Waals surface area (Å²) >= 11 is 0. The molecule has 1 saturated heterocycles. The second kappa shape index (κ2) is 8.51. The van der Waals surface area contributed by atoms with Crippen LogP contribution in [0.5, 0.6) is 0 Å². The maximum absolute atomic E-state index is 15.0. The molecule has 0 radical (unpaired) electrons. The van der Waals surface area contributed by atoms with Crippen LogP contribution in [0.25, 0.3) is 0 Å². The summed E-state index contributed by atoms with van der Waals surface area (Å²) in [5.74, 6) is -2.16. The van der Waals surface area contributed by atoms with Crippen molar-refractivity contribution in [2.45, 2.75) is 58.2 Å². The molecule has 178 valence electrons. The first kappa shape index (κ1) is 23.3. The Morgan fingerprint density at radius 2 is 2.00 bits per heavy atom. The molecule has 1 unspecified atom stereocenters. The summed E-state index contributed by atoms with van der Waals surface area (Å²) in [6.45, 7) is 5.69. The van der Waals surface area contributed by atoms with Crippen LogP contribution in [0.15, 0.2) is 30.5 Å². The summed E-state index contributed by atoms with van der Waals surface area (Å²) in [7, 11) is 0. The largest absolute Gasteiger partial charge is 0.465 e. The Morgan fingerprint density at radius 3 is 2.59 bits per heavy atom. The molecule has 1 fully saturated rings. The van der Waals surface area contributed by atoms with Gasteiger partial charge in [0.1, 0.15) is 11.9 Å². The maximum atomic E-state index is 15.0. The lowest BCUT2D eigenvalue weighted by molar-refractivity contribution is -0.136. The van der Waals surface area contributed by atoms with Gasteiger partial charge < -0.3 is 10.0 Å². The Morgan fingerprint density at radius 1 is 1.26 bits per heavy atom. The SMILES string of the molecule is CC(C)(C)c1ccc(N(Cc2cc(F)c3c(c2)C(=O)N(C2CCC(=O)NC2=O)C3)C(=O)O)cn1. The van der Waals surface area contributed by atoms with E-state index in [1.54, 1.807) is 12.1 Å². The van der Waals surface area contributed by atoms with Gasteiger partial charge in [0.25, 0.3) is 5.91 Å². The number of anilines is 1. The van der Waals surface area contributed by atoms with Gasteiger partial charge >= 0.3 is 6.09 Å². The van der Waals surface area contributed by atoms with Gasteiger partial charge in [-0.3, -0.25) is 29.6 Å². The molecule has 10 heteroatoms. The van der Waals surface area contributed by atoms with Gasteiger partial charge in [0.05, 0.1) is 25.0 Å². The number of carbonyl (C=O) groups is 4. The highest BCUT2D eigenvalue weighted by atomic mass is 19.1. The van der Waals surface area contributed by atoms with E-state index >= 15 is 0 Å². The predicted octanol–water partition coefficient (Wildman–Crippen LogP) is 2.96. The number of hydrogen-bond acceptors (Lipinski definition) is 5. The third-order valence-corrected chi connectivity index (χ3v) is 6.06. The highest BCUT2D eigenvalue weighted by Gasteiger charge is 2.40. The highest BCUT2D eigenvalue weighted by molar-refractivity contribution is 6.05. The van der Waals surface area contributed by atoms with Crippen molar-refractivity contribution in [1.29, 1.82) is 0 Å². The van der Waals surface area contributed by atoms with Crippen LogP contribution in [0, 0.1) is 5.82 Å². The van der Waals surface area contributed by atoms with E-state index in [4.69, 9.17) is 0 Å². The number of pyridine rings is 1. The smallest absolute Gasteiger partial charge is 0.412 e. The molecule has 2 aliphatic heterocycles. The minimum atomic E-state index is -1.25. The van der Waals surface area contributed by atoms with Crippen molar-refractivity contribution >= 4 is 29.5 Å². The van der Waals surface area contributed by atoms with Gasteiger partial charge in [-0.1, -0.05) is 20.8 Å². The number of carboxylic acid groups (broad SMARTS) is 1. The standard InChI is InChI=1S/C24H25FN4O5/c1-24(2,3)19-6-4-14(10-26-19)28(23(33)34)11-13-8-15-16(17(25)9-13)12-29(22(15)32)18-5-7-20(30)27-21(18)31/h4,6,8-10,18H,5,7,11-12H2,1-3H3,(H,33,34)(H,27,30,31). The second-order valence-corrected chi connectivity index (χ2v) is 9.52. The average molecular weight is 468 g/mol. The van der Waals surface area contributed by atoms with E-state index < -0.39 is 35.7 Å². The van der Waals surface area contributed by atoms with Crippen molar-refractivity contribution in [1.82, 2.24) is 15.2 Å². The normalized spacial score (nSPS) is 18.1. The molecule has 2 aliphatic rings. The van der Waals surface area contributed by atoms with E-state index in [1.165, 1.54) is 23.2 Å². The summed E-state index contributed by atoms with van der Waals surface area (Å²) in [6, 6.07) is 5.19. The van der Waals surface area contributed by atoms with E-state index in [-0.39, 0.29) is 48.0 Å². The first-order valence-corrected chi connectivity index (χ1v) is 10.9. The van der Waals surface area contributed by atoms with E-state index in [1.807, 2.05) is 20.8 Å². The number of benzene rings is 1. The first-order chi connectivity index (χ1) is 16.0. The van der Waals surface area contributed by atoms with Crippen molar-refractivity contribution in [2.75, 3.05) is 4.90 Å². The van der Waals surface area contributed by atoms with Crippen LogP contribution in [0.4, 0.5) is 14.9 Å². The number of nitrogens with one attached hydrogen (secondary N) is 1. The van der Waals surface area contributed by atoms with E-state index in [0.29, 0.717) is 5.69 Å². The van der Waals surface area contributed by atoms with Crippen molar-refractivity contribution in [2.24, 2.45) is 0 Å². The van der Waals surface area contributed by atoms with Crippen molar-refractivity contribution in [3.05, 3.63) is 58.7 Å². The summed E-state index contributed by atoms with van der Waals surface area (Å²) in [5, 5.41) is 12.0. The molecule has 3 heterocycles. The van der Waals surface area contributed by atoms with Gasteiger partial charge in [-0.05, 0) is 36.2 Å². The molecule has 1 aromatic heterocycles. The zero-order chi connectivity index (χ0) is 24.8. The number of aromatic nitrogens is 1. The first-order valence-electron chi connectivity index (χ1n) is 10.9. The molecule has 4 amide bonds. The zero-order valence-electron chi connectivity index (χ0n) is 19.1. The number of carbonyl (C=O) groups excluding carboxylic acids is 3. The number of hydrogen-bond donors (Lipinski definition) is 2. The lowest BCUT2D eigenvalue weighted by Crippen LogP contribution is -2.52. The van der Waals surface area contributed by atoms with E-state index in [9.17, 15) is 28.7 Å². The minimum absolute atomic E-state index is 0.0891. The van der Waals surface area contributed by atoms with Crippen LogP contribution in [0.2, 0.25) is 0 Å². The van der Waals surface area contributed by atoms with Crippen molar-refractivity contribution < 1.29 is 28.7 Å². The molecule has 0 aliphatic carbocycles. The van der Waals surface area contributed by atoms with Crippen LogP contribution in [0.3, 0.4) is 0 Å². The Kier molecular flexibility index (Phi) is 5.84. The number of fused-ring (bicyclic) bond motifs is 1. The fraction of sp³-hybridized carbons (Fsp3) is 0.375. The fourth-order valence-corrected chi connectivity index (χ4v) is 4.20. The molecular formula is C24H25FN4O5. The van der Waals surface area contributed by atoms with Crippen LogP contribution in [0.1, 0.15) is 60.8 Å². The summed E-state index contributed by atoms with van der Waals surface area (Å²) in [6.07, 6.45) is 0.472. The Bertz CT molecular complexity index is 1190. The van der Waals surface area contributed by atoms with Crippen molar-refractivity contribution in [3.63, 3.8) is 0 Å². The van der Waals surface area contributed by atoms with Crippen molar-refractivity contribution in [3.8, 4) is 0 Å².